The van der Waals surface area contributed by atoms with Crippen LogP contribution < -0.4 is 0 Å². The molecule has 2 nitrogen and oxygen atoms in total. The fraction of sp³-hybridized carbons (Fsp3) is 0.889. The van der Waals surface area contributed by atoms with E-state index >= 15 is 0 Å². The number of unbranched alkanes of at least 4 members (excludes halogenated alkanes) is 1. The highest BCUT2D eigenvalue weighted by Gasteiger charge is 2.18. The topological polar surface area (TPSA) is 26.3 Å². The molecule has 0 heterocycles. The first-order chi connectivity index (χ1) is 6.11. The minimum atomic E-state index is -0.194. The molecule has 0 amide bonds. The molecule has 0 bridgehead atoms. The third-order valence-corrected chi connectivity index (χ3v) is 3.37. The van der Waals surface area contributed by atoms with Gasteiger partial charge in [0.2, 0.25) is 0 Å². The third kappa shape index (κ3) is 6.49. The average molecular weight is 316 g/mol. The van der Waals surface area contributed by atoms with Crippen molar-refractivity contribution in [2.45, 2.75) is 42.3 Å². The Morgan fingerprint density at radius 2 is 2.08 bits per heavy atom. The highest BCUT2D eigenvalue weighted by atomic mass is 79.9. The van der Waals surface area contributed by atoms with E-state index in [9.17, 15) is 4.79 Å². The van der Waals surface area contributed by atoms with E-state index in [1.165, 1.54) is 20.0 Å². The number of hydrogen-bond acceptors (Lipinski definition) is 2. The smallest absolute Gasteiger partial charge is 0.319 e. The zero-order chi connectivity index (χ0) is 10.3. The van der Waals surface area contributed by atoms with Gasteiger partial charge in [0.1, 0.15) is 4.83 Å². The van der Waals surface area contributed by atoms with Crippen LogP contribution in [0.3, 0.4) is 0 Å². The molecule has 2 unspecified atom stereocenters. The summed E-state index contributed by atoms with van der Waals surface area (Å²) in [5, 5.41) is 0. The van der Waals surface area contributed by atoms with Crippen LogP contribution in [0.15, 0.2) is 0 Å². The Bertz CT molecular complexity index is 151. The van der Waals surface area contributed by atoms with Gasteiger partial charge in [0.25, 0.3) is 0 Å². The van der Waals surface area contributed by atoms with Gasteiger partial charge in [-0.3, -0.25) is 4.79 Å². The number of carbonyl (C=O) groups is 1. The van der Waals surface area contributed by atoms with Gasteiger partial charge in [-0.2, -0.15) is 0 Å². The number of rotatable bonds is 6. The number of esters is 1. The van der Waals surface area contributed by atoms with Gasteiger partial charge in [0, 0.05) is 4.83 Å². The fourth-order valence-corrected chi connectivity index (χ4v) is 2.83. The molecule has 2 atom stereocenters. The third-order valence-electron chi connectivity index (χ3n) is 1.79. The first-order valence-corrected chi connectivity index (χ1v) is 6.30. The van der Waals surface area contributed by atoms with Crippen LogP contribution in [0, 0.1) is 0 Å². The second kappa shape index (κ2) is 7.80. The predicted molar refractivity (Wildman–Crippen MR) is 61.6 cm³/mol. The molecule has 0 saturated carbocycles. The minimum absolute atomic E-state index is 0.182. The highest BCUT2D eigenvalue weighted by molar-refractivity contribution is 9.10. The van der Waals surface area contributed by atoms with Crippen molar-refractivity contribution in [3.8, 4) is 0 Å². The van der Waals surface area contributed by atoms with Crippen LogP contribution in [0.4, 0.5) is 0 Å². The van der Waals surface area contributed by atoms with Gasteiger partial charge < -0.3 is 4.74 Å². The normalized spacial score (nSPS) is 15.1. The molecule has 0 aromatic rings. The molecule has 4 heteroatoms. The molecule has 0 fully saturated rings. The Morgan fingerprint density at radius 1 is 1.46 bits per heavy atom. The van der Waals surface area contributed by atoms with Crippen molar-refractivity contribution < 1.29 is 9.53 Å². The quantitative estimate of drug-likeness (QED) is 0.555. The molecule has 0 radical (unpaired) electrons. The molecular weight excluding hydrogens is 300 g/mol. The van der Waals surface area contributed by atoms with Gasteiger partial charge in [-0.1, -0.05) is 51.6 Å². The summed E-state index contributed by atoms with van der Waals surface area (Å²) >= 11 is 6.83. The van der Waals surface area contributed by atoms with E-state index in [0.717, 1.165) is 12.8 Å². The van der Waals surface area contributed by atoms with Crippen LogP contribution in [0.2, 0.25) is 0 Å². The predicted octanol–water partition coefficient (Wildman–Crippen LogP) is 3.27. The maximum atomic E-state index is 11.0. The molecule has 0 N–H and O–H groups in total. The van der Waals surface area contributed by atoms with Crippen LogP contribution in [0.25, 0.3) is 0 Å². The first-order valence-electron chi connectivity index (χ1n) is 4.47. The number of hydrogen-bond donors (Lipinski definition) is 0. The second-order valence-corrected chi connectivity index (χ2v) is 5.37. The van der Waals surface area contributed by atoms with E-state index in [4.69, 9.17) is 0 Å². The number of methoxy groups -OCH3 is 1. The van der Waals surface area contributed by atoms with E-state index in [2.05, 4.69) is 43.5 Å². The molecule has 0 aliphatic carbocycles. The molecule has 0 spiro atoms. The van der Waals surface area contributed by atoms with Crippen molar-refractivity contribution >= 4 is 37.8 Å². The summed E-state index contributed by atoms with van der Waals surface area (Å²) in [4.78, 5) is 11.2. The monoisotopic (exact) mass is 314 g/mol. The number of ether oxygens (including phenoxy) is 1. The second-order valence-electron chi connectivity index (χ2n) is 2.97. The summed E-state index contributed by atoms with van der Waals surface area (Å²) in [7, 11) is 1.41. The summed E-state index contributed by atoms with van der Waals surface area (Å²) in [6.07, 6.45) is 4.27. The van der Waals surface area contributed by atoms with E-state index in [0.29, 0.717) is 4.83 Å². The van der Waals surface area contributed by atoms with Crippen LogP contribution in [0.1, 0.15) is 32.6 Å². The molecule has 0 aliphatic heterocycles. The van der Waals surface area contributed by atoms with Gasteiger partial charge in [0.15, 0.2) is 0 Å². The van der Waals surface area contributed by atoms with E-state index in [1.807, 2.05) is 0 Å². The van der Waals surface area contributed by atoms with Crippen molar-refractivity contribution in [2.75, 3.05) is 7.11 Å². The first kappa shape index (κ1) is 13.4. The SMILES string of the molecule is CCCCC(Br)CC(Br)C(=O)OC. The van der Waals surface area contributed by atoms with Crippen molar-refractivity contribution in [3.63, 3.8) is 0 Å². The minimum Gasteiger partial charge on any atom is -0.468 e. The molecule has 13 heavy (non-hydrogen) atoms. The molecule has 0 aromatic heterocycles. The van der Waals surface area contributed by atoms with Crippen molar-refractivity contribution in [3.05, 3.63) is 0 Å². The molecular formula is C9H16Br2O2. The molecule has 78 valence electrons. The van der Waals surface area contributed by atoms with Crippen LogP contribution in [0.5, 0.6) is 0 Å². The summed E-state index contributed by atoms with van der Waals surface area (Å²) in [5.41, 5.74) is 0. The lowest BCUT2D eigenvalue weighted by molar-refractivity contribution is -0.139. The zero-order valence-electron chi connectivity index (χ0n) is 8.06. The Labute approximate surface area is 96.7 Å². The van der Waals surface area contributed by atoms with Crippen molar-refractivity contribution in [1.29, 1.82) is 0 Å². The Morgan fingerprint density at radius 3 is 2.54 bits per heavy atom. The molecule has 0 rings (SSSR count). The van der Waals surface area contributed by atoms with Crippen LogP contribution in [-0.4, -0.2) is 22.7 Å². The van der Waals surface area contributed by atoms with E-state index in [-0.39, 0.29) is 10.8 Å². The summed E-state index contributed by atoms with van der Waals surface area (Å²) < 4.78 is 4.61. The number of halogens is 2. The van der Waals surface area contributed by atoms with E-state index < -0.39 is 0 Å². The summed E-state index contributed by atoms with van der Waals surface area (Å²) in [5.74, 6) is -0.194. The molecule has 0 aliphatic rings. The lowest BCUT2D eigenvalue weighted by Crippen LogP contribution is -2.19. The fourth-order valence-electron chi connectivity index (χ4n) is 0.992. The molecule has 0 saturated heterocycles. The standard InChI is InChI=1S/C9H16Br2O2/c1-3-4-5-7(10)6-8(11)9(12)13-2/h7-8H,3-6H2,1-2H3. The highest BCUT2D eigenvalue weighted by Crippen LogP contribution is 2.20. The largest absolute Gasteiger partial charge is 0.468 e. The number of alkyl halides is 2. The van der Waals surface area contributed by atoms with Crippen molar-refractivity contribution in [2.24, 2.45) is 0 Å². The van der Waals surface area contributed by atoms with Gasteiger partial charge in [-0.25, -0.2) is 0 Å². The summed E-state index contributed by atoms with van der Waals surface area (Å²) in [6, 6.07) is 0. The van der Waals surface area contributed by atoms with E-state index in [1.54, 1.807) is 0 Å². The van der Waals surface area contributed by atoms with Crippen LogP contribution >= 0.6 is 31.9 Å². The Kier molecular flexibility index (Phi) is 8.06. The van der Waals surface area contributed by atoms with Crippen LogP contribution in [-0.2, 0) is 9.53 Å². The van der Waals surface area contributed by atoms with Crippen molar-refractivity contribution in [1.82, 2.24) is 0 Å². The summed E-state index contributed by atoms with van der Waals surface area (Å²) in [6.45, 7) is 2.16. The van der Waals surface area contributed by atoms with Gasteiger partial charge in [-0.05, 0) is 12.8 Å². The Hall–Kier alpha value is 0.430. The zero-order valence-corrected chi connectivity index (χ0v) is 11.2. The lowest BCUT2D eigenvalue weighted by Gasteiger charge is -2.12. The van der Waals surface area contributed by atoms with Gasteiger partial charge in [0.05, 0.1) is 7.11 Å². The maximum Gasteiger partial charge on any atom is 0.319 e. The van der Waals surface area contributed by atoms with Gasteiger partial charge >= 0.3 is 5.97 Å². The average Bonchev–Trinajstić information content (AvgIpc) is 2.13. The lowest BCUT2D eigenvalue weighted by atomic mass is 10.1. The van der Waals surface area contributed by atoms with Gasteiger partial charge in [-0.15, -0.1) is 0 Å². The molecule has 0 aromatic carbocycles. The maximum absolute atomic E-state index is 11.0. The number of carbonyl (C=O) groups excluding carboxylic acids is 1. The Balaban J connectivity index is 3.64.